The van der Waals surface area contributed by atoms with Gasteiger partial charge in [0.15, 0.2) is 11.6 Å². The molecule has 3 aromatic carbocycles. The number of carbonyl (C=O) groups excluding carboxylic acids is 2. The molecule has 12 heteroatoms. The topological polar surface area (TPSA) is 108 Å². The molecule has 3 heterocycles. The minimum absolute atomic E-state index is 0.00851. The highest BCUT2D eigenvalue weighted by Gasteiger charge is 2.29. The highest BCUT2D eigenvalue weighted by Crippen LogP contribution is 2.39. The lowest BCUT2D eigenvalue weighted by Gasteiger charge is -2.18. The van der Waals surface area contributed by atoms with Crippen LogP contribution in [0, 0.1) is 18.6 Å². The molecule has 1 aliphatic heterocycles. The molecule has 0 unspecified atom stereocenters. The van der Waals surface area contributed by atoms with E-state index < -0.39 is 27.2 Å². The van der Waals surface area contributed by atoms with Gasteiger partial charge in [-0.05, 0) is 55.0 Å². The zero-order chi connectivity index (χ0) is 31.3. The molecule has 0 spiro atoms. The van der Waals surface area contributed by atoms with E-state index in [-0.39, 0.29) is 58.5 Å². The van der Waals surface area contributed by atoms with Crippen LogP contribution in [-0.4, -0.2) is 33.7 Å². The molecule has 2 amide bonds. The normalized spacial score (nSPS) is 13.7. The number of halogens is 2. The maximum absolute atomic E-state index is 14.6. The van der Waals surface area contributed by atoms with Crippen LogP contribution in [0.1, 0.15) is 24.0 Å². The summed E-state index contributed by atoms with van der Waals surface area (Å²) >= 11 is 0. The van der Waals surface area contributed by atoms with E-state index in [2.05, 4.69) is 0 Å². The van der Waals surface area contributed by atoms with Gasteiger partial charge in [-0.3, -0.25) is 19.3 Å². The molecule has 5 aromatic rings. The fraction of sp³-hybridized carbons (Fsp3) is 0.156. The lowest BCUT2D eigenvalue weighted by atomic mass is 10.00. The first-order valence-corrected chi connectivity index (χ1v) is 15.0. The smallest absolute Gasteiger partial charge is 0.275 e. The van der Waals surface area contributed by atoms with E-state index >= 15 is 0 Å². The molecular weight excluding hydrogens is 592 g/mol. The van der Waals surface area contributed by atoms with E-state index in [0.29, 0.717) is 22.8 Å². The number of benzene rings is 3. The largest absolute Gasteiger partial charge is 0.454 e. The van der Waals surface area contributed by atoms with Crippen molar-refractivity contribution < 1.29 is 31.5 Å². The molecule has 0 bridgehead atoms. The van der Waals surface area contributed by atoms with E-state index in [9.17, 15) is 31.6 Å². The van der Waals surface area contributed by atoms with Gasteiger partial charge in [0.1, 0.15) is 17.1 Å². The monoisotopic (exact) mass is 617 g/mol. The van der Waals surface area contributed by atoms with Crippen LogP contribution in [-0.2, 0) is 33.2 Å². The fourth-order valence-corrected chi connectivity index (χ4v) is 6.55. The number of carbonyl (C=O) groups is 2. The molecule has 0 saturated carbocycles. The van der Waals surface area contributed by atoms with E-state index in [1.807, 2.05) is 6.92 Å². The van der Waals surface area contributed by atoms with Gasteiger partial charge >= 0.3 is 0 Å². The van der Waals surface area contributed by atoms with E-state index in [4.69, 9.17) is 4.74 Å². The molecule has 0 aliphatic carbocycles. The van der Waals surface area contributed by atoms with Crippen molar-refractivity contribution in [2.24, 2.45) is 7.05 Å². The van der Waals surface area contributed by atoms with Gasteiger partial charge in [0, 0.05) is 54.9 Å². The Bertz CT molecular complexity index is 2140. The van der Waals surface area contributed by atoms with Crippen LogP contribution in [0.15, 0.2) is 88.8 Å². The van der Waals surface area contributed by atoms with Crippen molar-refractivity contribution in [1.29, 1.82) is 0 Å². The van der Waals surface area contributed by atoms with Crippen LogP contribution in [0.4, 0.5) is 8.78 Å². The first-order chi connectivity index (χ1) is 20.9. The van der Waals surface area contributed by atoms with Crippen molar-refractivity contribution in [1.82, 2.24) is 13.4 Å². The van der Waals surface area contributed by atoms with Crippen LogP contribution in [0.3, 0.4) is 0 Å². The summed E-state index contributed by atoms with van der Waals surface area (Å²) in [5.41, 5.74) is 1.36. The van der Waals surface area contributed by atoms with Crippen molar-refractivity contribution in [2.45, 2.75) is 31.2 Å². The molecule has 6 rings (SSSR count). The third kappa shape index (κ3) is 5.06. The summed E-state index contributed by atoms with van der Waals surface area (Å²) in [6.07, 6.45) is 3.01. The number of ether oxygens (including phenoxy) is 1. The summed E-state index contributed by atoms with van der Waals surface area (Å²) in [5.74, 6) is -2.53. The summed E-state index contributed by atoms with van der Waals surface area (Å²) < 4.78 is 63.6. The second kappa shape index (κ2) is 10.9. The number of hydrogen-bond donors (Lipinski definition) is 0. The lowest BCUT2D eigenvalue weighted by Crippen LogP contribution is -2.28. The molecule has 1 aliphatic rings. The van der Waals surface area contributed by atoms with Crippen molar-refractivity contribution in [2.75, 3.05) is 0 Å². The number of aromatic nitrogens is 2. The molecule has 0 N–H and O–H groups in total. The minimum Gasteiger partial charge on any atom is -0.454 e. The number of hydrogen-bond acceptors (Lipinski definition) is 6. The molecule has 9 nitrogen and oxygen atoms in total. The summed E-state index contributed by atoms with van der Waals surface area (Å²) in [5, 5.41) is 0.263. The molecule has 44 heavy (non-hydrogen) atoms. The Kier molecular flexibility index (Phi) is 7.16. The Hall–Kier alpha value is -5.10. The summed E-state index contributed by atoms with van der Waals surface area (Å²) in [6, 6.07) is 15.3. The maximum Gasteiger partial charge on any atom is 0.275 e. The number of pyridine rings is 1. The second-order valence-corrected chi connectivity index (χ2v) is 12.3. The Morgan fingerprint density at radius 2 is 1.52 bits per heavy atom. The van der Waals surface area contributed by atoms with Crippen molar-refractivity contribution in [3.05, 3.63) is 112 Å². The Balaban J connectivity index is 1.55. The van der Waals surface area contributed by atoms with Gasteiger partial charge in [-0.2, -0.15) is 0 Å². The Morgan fingerprint density at radius 3 is 2.20 bits per heavy atom. The van der Waals surface area contributed by atoms with Gasteiger partial charge in [-0.25, -0.2) is 21.2 Å². The number of nitrogens with zero attached hydrogens (tertiary/aromatic N) is 3. The SMILES string of the molecule is Cc1ccc(S(=O)(=O)n2ccc3c(-c4cc(CN5C(=O)CCC5=O)ccc4Oc4ccc(F)cc4F)cn(C)c(=O)c32)cc1. The van der Waals surface area contributed by atoms with Crippen molar-refractivity contribution in [3.63, 3.8) is 0 Å². The van der Waals surface area contributed by atoms with Gasteiger partial charge in [0.2, 0.25) is 11.8 Å². The van der Waals surface area contributed by atoms with Crippen LogP contribution in [0.2, 0.25) is 0 Å². The van der Waals surface area contributed by atoms with Gasteiger partial charge in [-0.1, -0.05) is 23.8 Å². The Labute approximate surface area is 250 Å². The third-order valence-corrected chi connectivity index (χ3v) is 9.20. The zero-order valence-corrected chi connectivity index (χ0v) is 24.4. The first-order valence-electron chi connectivity index (χ1n) is 13.6. The van der Waals surface area contributed by atoms with Gasteiger partial charge in [0.05, 0.1) is 11.4 Å². The van der Waals surface area contributed by atoms with E-state index in [1.165, 1.54) is 48.3 Å². The Morgan fingerprint density at radius 1 is 0.841 bits per heavy atom. The maximum atomic E-state index is 14.6. The van der Waals surface area contributed by atoms with E-state index in [0.717, 1.165) is 26.6 Å². The standard InChI is InChI=1S/C32H25F2N3O6S/c1-19-3-7-22(8-4-19)44(41,42)37-14-13-23-25(18-35(2)32(40)31(23)37)24-15-20(17-36-29(38)11-12-30(36)39)5-9-27(24)43-28-10-6-21(33)16-26(28)34/h3-10,13-16,18H,11-12,17H2,1-2H3. The molecule has 1 fully saturated rings. The number of likely N-dealkylation sites (tertiary alicyclic amines) is 1. The van der Waals surface area contributed by atoms with Crippen molar-refractivity contribution >= 4 is 32.7 Å². The highest BCUT2D eigenvalue weighted by atomic mass is 32.2. The van der Waals surface area contributed by atoms with Crippen LogP contribution >= 0.6 is 0 Å². The fourth-order valence-electron chi connectivity index (χ4n) is 5.20. The quantitative estimate of drug-likeness (QED) is 0.230. The van der Waals surface area contributed by atoms with Crippen LogP contribution < -0.4 is 10.3 Å². The number of rotatable bonds is 7. The average molecular weight is 618 g/mol. The van der Waals surface area contributed by atoms with Crippen molar-refractivity contribution in [3.8, 4) is 22.6 Å². The van der Waals surface area contributed by atoms with Gasteiger partial charge in [0.25, 0.3) is 15.6 Å². The number of fused-ring (bicyclic) bond motifs is 1. The summed E-state index contributed by atoms with van der Waals surface area (Å²) in [4.78, 5) is 39.2. The number of aryl methyl sites for hydroxylation is 2. The molecule has 224 valence electrons. The molecule has 0 atom stereocenters. The third-order valence-electron chi connectivity index (χ3n) is 7.51. The van der Waals surface area contributed by atoms with Gasteiger partial charge < -0.3 is 9.30 Å². The second-order valence-electron chi connectivity index (χ2n) is 10.5. The zero-order valence-electron chi connectivity index (χ0n) is 23.6. The molecular formula is C32H25F2N3O6S. The van der Waals surface area contributed by atoms with Crippen LogP contribution in [0.5, 0.6) is 11.5 Å². The minimum atomic E-state index is -4.18. The first kappa shape index (κ1) is 29.0. The van der Waals surface area contributed by atoms with Crippen LogP contribution in [0.25, 0.3) is 22.0 Å². The predicted octanol–water partition coefficient (Wildman–Crippen LogP) is 5.27. The predicted molar refractivity (Wildman–Crippen MR) is 158 cm³/mol. The summed E-state index contributed by atoms with van der Waals surface area (Å²) in [6.45, 7) is 1.79. The molecule has 0 radical (unpaired) electrons. The highest BCUT2D eigenvalue weighted by molar-refractivity contribution is 7.90. The number of amides is 2. The van der Waals surface area contributed by atoms with Gasteiger partial charge in [-0.15, -0.1) is 0 Å². The number of imide groups is 1. The van der Waals surface area contributed by atoms with E-state index in [1.54, 1.807) is 24.3 Å². The molecule has 1 saturated heterocycles. The summed E-state index contributed by atoms with van der Waals surface area (Å²) in [7, 11) is -2.71. The molecule has 2 aromatic heterocycles. The lowest BCUT2D eigenvalue weighted by molar-refractivity contribution is -0.139. The average Bonchev–Trinajstić information content (AvgIpc) is 3.57.